The van der Waals surface area contributed by atoms with E-state index in [0.29, 0.717) is 17.7 Å². The minimum Gasteiger partial charge on any atom is -0.384 e. The monoisotopic (exact) mass is 267 g/mol. The van der Waals surface area contributed by atoms with E-state index in [4.69, 9.17) is 11.5 Å². The molecule has 0 unspecified atom stereocenters. The molecule has 4 N–H and O–H groups in total. The molecular formula is C13H13N7. The first-order valence-corrected chi connectivity index (χ1v) is 6.44. The zero-order valence-electron chi connectivity index (χ0n) is 10.7. The van der Waals surface area contributed by atoms with Crippen LogP contribution in [-0.4, -0.2) is 24.7 Å². The van der Waals surface area contributed by atoms with E-state index in [1.54, 1.807) is 12.3 Å². The smallest absolute Gasteiger partial charge is 0.164 e. The molecule has 0 aromatic carbocycles. The summed E-state index contributed by atoms with van der Waals surface area (Å²) in [5.74, 6) is 0.914. The van der Waals surface area contributed by atoms with Crippen LogP contribution in [0.25, 0.3) is 22.3 Å². The van der Waals surface area contributed by atoms with Crippen LogP contribution in [0.15, 0.2) is 24.7 Å². The summed E-state index contributed by atoms with van der Waals surface area (Å²) in [6, 6.07) is 4.05. The fourth-order valence-electron chi connectivity index (χ4n) is 2.32. The van der Waals surface area contributed by atoms with Gasteiger partial charge in [0.05, 0.1) is 11.4 Å². The van der Waals surface area contributed by atoms with Gasteiger partial charge in [-0.3, -0.25) is 0 Å². The second-order valence-corrected chi connectivity index (χ2v) is 4.95. The largest absolute Gasteiger partial charge is 0.384 e. The van der Waals surface area contributed by atoms with E-state index in [0.717, 1.165) is 35.1 Å². The normalized spacial score (nSPS) is 14.8. The Kier molecular flexibility index (Phi) is 2.17. The van der Waals surface area contributed by atoms with E-state index in [1.165, 1.54) is 6.33 Å². The van der Waals surface area contributed by atoms with E-state index < -0.39 is 0 Å². The molecule has 1 saturated carbocycles. The maximum absolute atomic E-state index is 6.01. The van der Waals surface area contributed by atoms with Gasteiger partial charge in [0, 0.05) is 11.8 Å². The Balaban J connectivity index is 2.01. The number of aromatic nitrogens is 5. The van der Waals surface area contributed by atoms with Crippen molar-refractivity contribution in [3.05, 3.63) is 24.7 Å². The fourth-order valence-corrected chi connectivity index (χ4v) is 2.32. The number of fused-ring (bicyclic) bond motifs is 1. The van der Waals surface area contributed by atoms with Crippen LogP contribution < -0.4 is 11.5 Å². The average Bonchev–Trinajstić information content (AvgIpc) is 3.21. The second kappa shape index (κ2) is 3.89. The molecular weight excluding hydrogens is 254 g/mol. The Bertz CT molecular complexity index is 786. The first kappa shape index (κ1) is 11.2. The molecule has 3 heterocycles. The lowest BCUT2D eigenvalue weighted by Gasteiger charge is -1.99. The van der Waals surface area contributed by atoms with Gasteiger partial charge >= 0.3 is 0 Å². The lowest BCUT2D eigenvalue weighted by Crippen LogP contribution is -1.98. The molecule has 4 rings (SSSR count). The maximum Gasteiger partial charge on any atom is 0.164 e. The first-order chi connectivity index (χ1) is 9.74. The van der Waals surface area contributed by atoms with E-state index in [-0.39, 0.29) is 0 Å². The summed E-state index contributed by atoms with van der Waals surface area (Å²) < 4.78 is 1.94. The van der Waals surface area contributed by atoms with Gasteiger partial charge in [0.2, 0.25) is 0 Å². The number of anilines is 2. The van der Waals surface area contributed by atoms with Crippen LogP contribution in [0, 0.1) is 0 Å². The van der Waals surface area contributed by atoms with Crippen LogP contribution in [-0.2, 0) is 0 Å². The SMILES string of the molecule is Nc1ccc(-c2nn(C3CC3)c3ncnc(N)c23)cn1. The number of hydrogen-bond donors (Lipinski definition) is 2. The maximum atomic E-state index is 6.01. The fraction of sp³-hybridized carbons (Fsp3) is 0.231. The molecule has 7 nitrogen and oxygen atoms in total. The van der Waals surface area contributed by atoms with Crippen LogP contribution in [0.4, 0.5) is 11.6 Å². The van der Waals surface area contributed by atoms with Gasteiger partial charge in [-0.2, -0.15) is 5.10 Å². The Morgan fingerprint density at radius 3 is 2.65 bits per heavy atom. The van der Waals surface area contributed by atoms with Crippen molar-refractivity contribution < 1.29 is 0 Å². The van der Waals surface area contributed by atoms with Crippen molar-refractivity contribution in [1.29, 1.82) is 0 Å². The number of nitrogens with two attached hydrogens (primary N) is 2. The quantitative estimate of drug-likeness (QED) is 0.726. The minimum atomic E-state index is 0.419. The third-order valence-electron chi connectivity index (χ3n) is 3.47. The summed E-state index contributed by atoms with van der Waals surface area (Å²) in [6.45, 7) is 0. The summed E-state index contributed by atoms with van der Waals surface area (Å²) in [6.07, 6.45) is 5.42. The number of nitrogen functional groups attached to an aromatic ring is 2. The standard InChI is InChI=1S/C13H13N7/c14-9-4-1-7(5-16-9)11-10-12(15)17-6-18-13(10)20(19-11)8-2-3-8/h1,4-6,8H,2-3H2,(H2,14,16)(H2,15,17,18). The van der Waals surface area contributed by atoms with Crippen molar-refractivity contribution in [3.63, 3.8) is 0 Å². The lowest BCUT2D eigenvalue weighted by atomic mass is 10.1. The zero-order valence-corrected chi connectivity index (χ0v) is 10.7. The second-order valence-electron chi connectivity index (χ2n) is 4.95. The molecule has 1 fully saturated rings. The lowest BCUT2D eigenvalue weighted by molar-refractivity contribution is 0.660. The minimum absolute atomic E-state index is 0.419. The topological polar surface area (TPSA) is 109 Å². The third-order valence-corrected chi connectivity index (χ3v) is 3.47. The van der Waals surface area contributed by atoms with E-state index in [9.17, 15) is 0 Å². The predicted octanol–water partition coefficient (Wildman–Crippen LogP) is 1.39. The summed E-state index contributed by atoms with van der Waals surface area (Å²) in [5, 5.41) is 5.45. The number of pyridine rings is 1. The van der Waals surface area contributed by atoms with Gasteiger partial charge in [0.25, 0.3) is 0 Å². The summed E-state index contributed by atoms with van der Waals surface area (Å²) in [7, 11) is 0. The molecule has 20 heavy (non-hydrogen) atoms. The molecule has 3 aromatic heterocycles. The molecule has 7 heteroatoms. The van der Waals surface area contributed by atoms with Crippen molar-refractivity contribution in [3.8, 4) is 11.3 Å². The van der Waals surface area contributed by atoms with E-state index in [1.807, 2.05) is 10.7 Å². The Hall–Kier alpha value is -2.70. The van der Waals surface area contributed by atoms with Gasteiger partial charge < -0.3 is 11.5 Å². The highest BCUT2D eigenvalue weighted by atomic mass is 15.3. The van der Waals surface area contributed by atoms with Gasteiger partial charge in [-0.05, 0) is 25.0 Å². The molecule has 0 aliphatic heterocycles. The van der Waals surface area contributed by atoms with Crippen molar-refractivity contribution in [1.82, 2.24) is 24.7 Å². The number of hydrogen-bond acceptors (Lipinski definition) is 6. The number of rotatable bonds is 2. The Labute approximate surface area is 114 Å². The highest BCUT2D eigenvalue weighted by Crippen LogP contribution is 2.39. The third kappa shape index (κ3) is 1.59. The Morgan fingerprint density at radius 2 is 1.95 bits per heavy atom. The van der Waals surface area contributed by atoms with Crippen LogP contribution >= 0.6 is 0 Å². The van der Waals surface area contributed by atoms with Crippen LogP contribution in [0.5, 0.6) is 0 Å². The summed E-state index contributed by atoms with van der Waals surface area (Å²) >= 11 is 0. The molecule has 0 radical (unpaired) electrons. The summed E-state index contributed by atoms with van der Waals surface area (Å²) in [5.41, 5.74) is 14.0. The highest BCUT2D eigenvalue weighted by molar-refractivity contribution is 5.98. The molecule has 100 valence electrons. The van der Waals surface area contributed by atoms with Gasteiger partial charge in [-0.15, -0.1) is 0 Å². The molecule has 0 amide bonds. The van der Waals surface area contributed by atoms with Crippen LogP contribution in [0.2, 0.25) is 0 Å². The molecule has 1 aliphatic rings. The van der Waals surface area contributed by atoms with Gasteiger partial charge in [-0.25, -0.2) is 19.6 Å². The molecule has 0 spiro atoms. The van der Waals surface area contributed by atoms with Gasteiger partial charge in [-0.1, -0.05) is 0 Å². The molecule has 0 atom stereocenters. The van der Waals surface area contributed by atoms with Crippen LogP contribution in [0.3, 0.4) is 0 Å². The average molecular weight is 267 g/mol. The first-order valence-electron chi connectivity index (χ1n) is 6.44. The van der Waals surface area contributed by atoms with E-state index in [2.05, 4.69) is 20.1 Å². The zero-order chi connectivity index (χ0) is 13.7. The van der Waals surface area contributed by atoms with Gasteiger partial charge in [0.1, 0.15) is 23.7 Å². The van der Waals surface area contributed by atoms with Crippen molar-refractivity contribution >= 4 is 22.7 Å². The van der Waals surface area contributed by atoms with Crippen molar-refractivity contribution in [2.24, 2.45) is 0 Å². The molecule has 1 aliphatic carbocycles. The van der Waals surface area contributed by atoms with Crippen molar-refractivity contribution in [2.75, 3.05) is 11.5 Å². The van der Waals surface area contributed by atoms with Crippen LogP contribution in [0.1, 0.15) is 18.9 Å². The van der Waals surface area contributed by atoms with E-state index >= 15 is 0 Å². The van der Waals surface area contributed by atoms with Crippen molar-refractivity contribution in [2.45, 2.75) is 18.9 Å². The molecule has 0 bridgehead atoms. The Morgan fingerprint density at radius 1 is 1.10 bits per heavy atom. The summed E-state index contributed by atoms with van der Waals surface area (Å²) in [4.78, 5) is 12.5. The molecule has 3 aromatic rings. The predicted molar refractivity (Wildman–Crippen MR) is 75.6 cm³/mol. The van der Waals surface area contributed by atoms with Gasteiger partial charge in [0.15, 0.2) is 5.65 Å². The number of nitrogens with zero attached hydrogens (tertiary/aromatic N) is 5. The molecule has 0 saturated heterocycles. The highest BCUT2D eigenvalue weighted by Gasteiger charge is 2.29.